The SMILES string of the molecule is CC(C)(C)NC[C@H](O)c1ccc(O)c(NC=O)c1. The summed E-state index contributed by atoms with van der Waals surface area (Å²) in [6.07, 6.45) is -0.212. The fourth-order valence-electron chi connectivity index (χ4n) is 1.46. The van der Waals surface area contributed by atoms with Gasteiger partial charge in [0.2, 0.25) is 6.41 Å². The number of hydrogen-bond acceptors (Lipinski definition) is 4. The second kappa shape index (κ2) is 5.84. The molecule has 100 valence electrons. The summed E-state index contributed by atoms with van der Waals surface area (Å²) in [5, 5.41) is 25.1. The highest BCUT2D eigenvalue weighted by Gasteiger charge is 2.14. The number of carbonyl (C=O) groups is 1. The summed E-state index contributed by atoms with van der Waals surface area (Å²) in [5.41, 5.74) is 0.841. The lowest BCUT2D eigenvalue weighted by Gasteiger charge is -2.23. The Morgan fingerprint density at radius 1 is 1.39 bits per heavy atom. The molecule has 0 aliphatic rings. The summed E-state index contributed by atoms with van der Waals surface area (Å²) in [4.78, 5) is 10.4. The molecule has 1 rings (SSSR count). The van der Waals surface area contributed by atoms with Crippen LogP contribution >= 0.6 is 0 Å². The summed E-state index contributed by atoms with van der Waals surface area (Å²) in [6, 6.07) is 4.63. The van der Waals surface area contributed by atoms with Crippen LogP contribution in [0.3, 0.4) is 0 Å². The van der Waals surface area contributed by atoms with E-state index in [1.54, 1.807) is 12.1 Å². The molecule has 0 heterocycles. The van der Waals surface area contributed by atoms with E-state index in [0.29, 0.717) is 18.5 Å². The molecular formula is C13H20N2O3. The molecule has 0 fully saturated rings. The number of aliphatic hydroxyl groups excluding tert-OH is 1. The van der Waals surface area contributed by atoms with Crippen molar-refractivity contribution in [1.29, 1.82) is 0 Å². The van der Waals surface area contributed by atoms with Gasteiger partial charge in [0.15, 0.2) is 0 Å². The molecule has 5 nitrogen and oxygen atoms in total. The largest absolute Gasteiger partial charge is 0.506 e. The van der Waals surface area contributed by atoms with Gasteiger partial charge in [-0.3, -0.25) is 4.79 Å². The Labute approximate surface area is 107 Å². The van der Waals surface area contributed by atoms with Crippen LogP contribution in [0.5, 0.6) is 5.75 Å². The van der Waals surface area contributed by atoms with Crippen molar-refractivity contribution in [3.05, 3.63) is 23.8 Å². The van der Waals surface area contributed by atoms with Crippen molar-refractivity contribution in [2.24, 2.45) is 0 Å². The number of anilines is 1. The van der Waals surface area contributed by atoms with Crippen LogP contribution < -0.4 is 10.6 Å². The molecule has 0 saturated heterocycles. The summed E-state index contributed by atoms with van der Waals surface area (Å²) in [7, 11) is 0. The van der Waals surface area contributed by atoms with Crippen LogP contribution in [0.1, 0.15) is 32.4 Å². The number of phenolic OH excluding ortho intramolecular Hbond substituents is 1. The maximum atomic E-state index is 10.4. The highest BCUT2D eigenvalue weighted by atomic mass is 16.3. The molecule has 5 heteroatoms. The number of rotatable bonds is 5. The fourth-order valence-corrected chi connectivity index (χ4v) is 1.46. The Morgan fingerprint density at radius 2 is 2.06 bits per heavy atom. The van der Waals surface area contributed by atoms with Crippen molar-refractivity contribution in [3.63, 3.8) is 0 Å². The van der Waals surface area contributed by atoms with Crippen molar-refractivity contribution in [2.75, 3.05) is 11.9 Å². The quantitative estimate of drug-likeness (QED) is 0.471. The molecule has 0 radical (unpaired) electrons. The number of hydrogen-bond donors (Lipinski definition) is 4. The van der Waals surface area contributed by atoms with Gasteiger partial charge in [0.25, 0.3) is 0 Å². The van der Waals surface area contributed by atoms with Gasteiger partial charge in [-0.15, -0.1) is 0 Å². The standard InChI is InChI=1S/C13H20N2O3/c1-13(2,3)15-7-12(18)9-4-5-11(17)10(6-9)14-8-16/h4-6,8,12,15,17-18H,7H2,1-3H3,(H,14,16)/t12-/m0/s1. The van der Waals surface area contributed by atoms with Gasteiger partial charge in [-0.25, -0.2) is 0 Å². The Kier molecular flexibility index (Phi) is 4.69. The monoisotopic (exact) mass is 252 g/mol. The normalized spacial score (nSPS) is 13.1. The third-order valence-electron chi connectivity index (χ3n) is 2.45. The second-order valence-electron chi connectivity index (χ2n) is 5.19. The highest BCUT2D eigenvalue weighted by molar-refractivity contribution is 5.75. The fraction of sp³-hybridized carbons (Fsp3) is 0.462. The van der Waals surface area contributed by atoms with Crippen molar-refractivity contribution in [3.8, 4) is 5.75 Å². The maximum absolute atomic E-state index is 10.4. The van der Waals surface area contributed by atoms with Gasteiger partial charge >= 0.3 is 0 Å². The van der Waals surface area contributed by atoms with E-state index in [9.17, 15) is 15.0 Å². The number of carbonyl (C=O) groups excluding carboxylic acids is 1. The Balaban J connectivity index is 2.76. The maximum Gasteiger partial charge on any atom is 0.211 e. The zero-order valence-corrected chi connectivity index (χ0v) is 10.9. The van der Waals surface area contributed by atoms with Gasteiger partial charge in [0.1, 0.15) is 5.75 Å². The predicted octanol–water partition coefficient (Wildman–Crippen LogP) is 1.38. The number of amides is 1. The van der Waals surface area contributed by atoms with E-state index in [2.05, 4.69) is 10.6 Å². The molecular weight excluding hydrogens is 232 g/mol. The molecule has 0 bridgehead atoms. The van der Waals surface area contributed by atoms with Crippen molar-refractivity contribution >= 4 is 12.1 Å². The Bertz CT molecular complexity index is 413. The molecule has 0 aliphatic heterocycles. The van der Waals surface area contributed by atoms with Crippen LogP contribution in [-0.4, -0.2) is 28.7 Å². The van der Waals surface area contributed by atoms with Crippen LogP contribution in [-0.2, 0) is 4.79 Å². The Hall–Kier alpha value is -1.59. The molecule has 0 aromatic heterocycles. The van der Waals surface area contributed by atoms with Crippen LogP contribution in [0.2, 0.25) is 0 Å². The number of aromatic hydroxyl groups is 1. The van der Waals surface area contributed by atoms with E-state index in [0.717, 1.165) is 0 Å². The first kappa shape index (κ1) is 14.5. The van der Waals surface area contributed by atoms with Crippen LogP contribution in [0.4, 0.5) is 5.69 Å². The predicted molar refractivity (Wildman–Crippen MR) is 70.5 cm³/mol. The number of β-amino-alcohol motifs (C(OH)–C–C–N with tert-alkyl or cyclic N) is 1. The van der Waals surface area contributed by atoms with Gasteiger partial charge < -0.3 is 20.8 Å². The van der Waals surface area contributed by atoms with Gasteiger partial charge in [-0.05, 0) is 38.5 Å². The van der Waals surface area contributed by atoms with Gasteiger partial charge in [-0.1, -0.05) is 6.07 Å². The minimum atomic E-state index is -0.697. The van der Waals surface area contributed by atoms with E-state index in [1.807, 2.05) is 20.8 Å². The van der Waals surface area contributed by atoms with Gasteiger partial charge in [0, 0.05) is 12.1 Å². The van der Waals surface area contributed by atoms with Crippen LogP contribution in [0.25, 0.3) is 0 Å². The average Bonchev–Trinajstić information content (AvgIpc) is 2.28. The zero-order valence-electron chi connectivity index (χ0n) is 10.9. The van der Waals surface area contributed by atoms with Gasteiger partial charge in [0.05, 0.1) is 11.8 Å². The van der Waals surface area contributed by atoms with E-state index in [-0.39, 0.29) is 17.0 Å². The molecule has 0 spiro atoms. The molecule has 18 heavy (non-hydrogen) atoms. The lowest BCUT2D eigenvalue weighted by atomic mass is 10.1. The van der Waals surface area contributed by atoms with Crippen molar-refractivity contribution < 1.29 is 15.0 Å². The minimum absolute atomic E-state index is 0.0261. The number of phenols is 1. The zero-order chi connectivity index (χ0) is 13.8. The molecule has 0 saturated carbocycles. The first-order valence-electron chi connectivity index (χ1n) is 5.79. The molecule has 1 amide bonds. The van der Waals surface area contributed by atoms with Crippen LogP contribution in [0, 0.1) is 0 Å². The summed E-state index contributed by atoms with van der Waals surface area (Å²) in [5.74, 6) is -0.0261. The van der Waals surface area contributed by atoms with Crippen LogP contribution in [0.15, 0.2) is 18.2 Å². The summed E-state index contributed by atoms with van der Waals surface area (Å²) < 4.78 is 0. The molecule has 4 N–H and O–H groups in total. The third-order valence-corrected chi connectivity index (χ3v) is 2.45. The van der Waals surface area contributed by atoms with E-state index < -0.39 is 6.10 Å². The third kappa shape index (κ3) is 4.35. The van der Waals surface area contributed by atoms with Crippen molar-refractivity contribution in [2.45, 2.75) is 32.4 Å². The average molecular weight is 252 g/mol. The van der Waals surface area contributed by atoms with Crippen molar-refractivity contribution in [1.82, 2.24) is 5.32 Å². The molecule has 0 unspecified atom stereocenters. The molecule has 1 aromatic carbocycles. The molecule has 1 aromatic rings. The van der Waals surface area contributed by atoms with E-state index in [4.69, 9.17) is 0 Å². The second-order valence-corrected chi connectivity index (χ2v) is 5.19. The highest BCUT2D eigenvalue weighted by Crippen LogP contribution is 2.26. The number of benzene rings is 1. The number of nitrogens with one attached hydrogen (secondary N) is 2. The van der Waals surface area contributed by atoms with E-state index in [1.165, 1.54) is 6.07 Å². The topological polar surface area (TPSA) is 81.6 Å². The summed E-state index contributed by atoms with van der Waals surface area (Å²) in [6.45, 7) is 6.43. The molecule has 1 atom stereocenters. The Morgan fingerprint density at radius 3 is 2.61 bits per heavy atom. The number of aliphatic hydroxyl groups is 1. The van der Waals surface area contributed by atoms with Gasteiger partial charge in [-0.2, -0.15) is 0 Å². The first-order chi connectivity index (χ1) is 8.33. The smallest absolute Gasteiger partial charge is 0.211 e. The lowest BCUT2D eigenvalue weighted by molar-refractivity contribution is -0.105. The summed E-state index contributed by atoms with van der Waals surface area (Å²) >= 11 is 0. The lowest BCUT2D eigenvalue weighted by Crippen LogP contribution is -2.38. The minimum Gasteiger partial charge on any atom is -0.506 e. The first-order valence-corrected chi connectivity index (χ1v) is 5.79. The molecule has 0 aliphatic carbocycles. The van der Waals surface area contributed by atoms with E-state index >= 15 is 0 Å².